The highest BCUT2D eigenvalue weighted by Crippen LogP contribution is 2.25. The molecule has 1 aromatic rings. The molecule has 2 unspecified atom stereocenters. The molecule has 2 atom stereocenters. The van der Waals surface area contributed by atoms with Crippen LogP contribution >= 0.6 is 0 Å². The Hall–Kier alpha value is -1.26. The molecule has 0 aliphatic carbocycles. The quantitative estimate of drug-likeness (QED) is 0.854. The van der Waals surface area contributed by atoms with Gasteiger partial charge in [0.15, 0.2) is 0 Å². The number of anilines is 1. The van der Waals surface area contributed by atoms with E-state index in [2.05, 4.69) is 0 Å². The standard InChI is InChI=1S/C15H26N2O2/c1-15(2,3)14(16)13(10-18)19-12-8-6-7-11(9-12)17(4)5/h6-9,13-14,18H,10,16H2,1-5H3. The molecule has 0 spiro atoms. The molecule has 0 fully saturated rings. The van der Waals surface area contributed by atoms with Crippen molar-refractivity contribution in [2.24, 2.45) is 11.1 Å². The molecular formula is C15H26N2O2. The minimum Gasteiger partial charge on any atom is -0.486 e. The van der Waals surface area contributed by atoms with Crippen LogP contribution in [0.4, 0.5) is 5.69 Å². The molecule has 0 aliphatic heterocycles. The van der Waals surface area contributed by atoms with Crippen LogP contribution in [-0.4, -0.2) is 38.0 Å². The molecule has 0 radical (unpaired) electrons. The second-order valence-electron chi connectivity index (χ2n) is 6.12. The van der Waals surface area contributed by atoms with Gasteiger partial charge in [0.25, 0.3) is 0 Å². The average Bonchev–Trinajstić information content (AvgIpc) is 2.34. The molecule has 0 heterocycles. The zero-order valence-corrected chi connectivity index (χ0v) is 12.6. The van der Waals surface area contributed by atoms with Crippen LogP contribution < -0.4 is 15.4 Å². The molecule has 1 rings (SSSR count). The molecule has 3 N–H and O–H groups in total. The summed E-state index contributed by atoms with van der Waals surface area (Å²) in [7, 11) is 3.95. The fourth-order valence-corrected chi connectivity index (χ4v) is 1.79. The predicted octanol–water partition coefficient (Wildman–Crippen LogP) is 1.87. The number of nitrogens with zero attached hydrogens (tertiary/aromatic N) is 1. The number of hydrogen-bond acceptors (Lipinski definition) is 4. The minimum atomic E-state index is -0.405. The van der Waals surface area contributed by atoms with Crippen molar-refractivity contribution in [3.63, 3.8) is 0 Å². The summed E-state index contributed by atoms with van der Waals surface area (Å²) < 4.78 is 5.84. The van der Waals surface area contributed by atoms with Crippen LogP contribution in [0.15, 0.2) is 24.3 Å². The average molecular weight is 266 g/mol. The molecule has 4 heteroatoms. The Kier molecular flexibility index (Phi) is 5.20. The SMILES string of the molecule is CN(C)c1cccc(OC(CO)C(N)C(C)(C)C)c1. The Labute approximate surface area is 116 Å². The first-order valence-corrected chi connectivity index (χ1v) is 6.56. The summed E-state index contributed by atoms with van der Waals surface area (Å²) in [6.45, 7) is 6.03. The smallest absolute Gasteiger partial charge is 0.137 e. The zero-order valence-electron chi connectivity index (χ0n) is 12.6. The first-order chi connectivity index (χ1) is 8.75. The van der Waals surface area contributed by atoms with Gasteiger partial charge in [0.2, 0.25) is 0 Å². The highest BCUT2D eigenvalue weighted by Gasteiger charge is 2.30. The van der Waals surface area contributed by atoms with Gasteiger partial charge in [-0.3, -0.25) is 0 Å². The van der Waals surface area contributed by atoms with Gasteiger partial charge in [0.1, 0.15) is 11.9 Å². The summed E-state index contributed by atoms with van der Waals surface area (Å²) in [6, 6.07) is 7.52. The van der Waals surface area contributed by atoms with Crippen molar-refractivity contribution in [3.8, 4) is 5.75 Å². The molecule has 19 heavy (non-hydrogen) atoms. The van der Waals surface area contributed by atoms with Gasteiger partial charge in [0, 0.05) is 31.9 Å². The van der Waals surface area contributed by atoms with Crippen LogP contribution in [0.2, 0.25) is 0 Å². The van der Waals surface area contributed by atoms with E-state index in [1.165, 1.54) is 0 Å². The summed E-state index contributed by atoms with van der Waals surface area (Å²) in [6.07, 6.45) is -0.405. The highest BCUT2D eigenvalue weighted by molar-refractivity contribution is 5.49. The Balaban J connectivity index is 2.84. The lowest BCUT2D eigenvalue weighted by molar-refractivity contribution is 0.0592. The van der Waals surface area contributed by atoms with Gasteiger partial charge in [-0.25, -0.2) is 0 Å². The van der Waals surface area contributed by atoms with Gasteiger partial charge in [-0.15, -0.1) is 0 Å². The number of aliphatic hydroxyl groups excluding tert-OH is 1. The normalized spacial score (nSPS) is 14.9. The van der Waals surface area contributed by atoms with Gasteiger partial charge in [0.05, 0.1) is 6.61 Å². The third kappa shape index (κ3) is 4.40. The Bertz CT molecular complexity index is 399. The monoisotopic (exact) mass is 266 g/mol. The summed E-state index contributed by atoms with van der Waals surface area (Å²) >= 11 is 0. The van der Waals surface area contributed by atoms with Crippen molar-refractivity contribution in [1.29, 1.82) is 0 Å². The topological polar surface area (TPSA) is 58.7 Å². The Morgan fingerprint density at radius 1 is 1.32 bits per heavy atom. The molecule has 0 aromatic heterocycles. The second-order valence-corrected chi connectivity index (χ2v) is 6.12. The van der Waals surface area contributed by atoms with E-state index in [9.17, 15) is 5.11 Å². The van der Waals surface area contributed by atoms with Crippen LogP contribution in [0.3, 0.4) is 0 Å². The maximum atomic E-state index is 9.48. The Morgan fingerprint density at radius 2 is 1.95 bits per heavy atom. The summed E-state index contributed by atoms with van der Waals surface area (Å²) in [4.78, 5) is 2.00. The molecule has 0 bridgehead atoms. The summed E-state index contributed by atoms with van der Waals surface area (Å²) in [5, 5.41) is 9.48. The van der Waals surface area contributed by atoms with Gasteiger partial charge in [-0.05, 0) is 17.5 Å². The first kappa shape index (κ1) is 15.8. The summed E-state index contributed by atoms with van der Waals surface area (Å²) in [5.74, 6) is 0.727. The molecule has 4 nitrogen and oxygen atoms in total. The van der Waals surface area contributed by atoms with Crippen molar-refractivity contribution < 1.29 is 9.84 Å². The van der Waals surface area contributed by atoms with Crippen LogP contribution in [0.25, 0.3) is 0 Å². The number of nitrogens with two attached hydrogens (primary N) is 1. The van der Waals surface area contributed by atoms with Crippen LogP contribution in [0.5, 0.6) is 5.75 Å². The third-order valence-corrected chi connectivity index (χ3v) is 3.20. The van der Waals surface area contributed by atoms with E-state index in [1.807, 2.05) is 64.0 Å². The van der Waals surface area contributed by atoms with Crippen molar-refractivity contribution in [2.75, 3.05) is 25.6 Å². The van der Waals surface area contributed by atoms with Gasteiger partial charge >= 0.3 is 0 Å². The fraction of sp³-hybridized carbons (Fsp3) is 0.600. The third-order valence-electron chi connectivity index (χ3n) is 3.20. The Morgan fingerprint density at radius 3 is 2.42 bits per heavy atom. The van der Waals surface area contributed by atoms with E-state index < -0.39 is 6.10 Å². The predicted molar refractivity (Wildman–Crippen MR) is 79.7 cm³/mol. The zero-order chi connectivity index (χ0) is 14.6. The van der Waals surface area contributed by atoms with Gasteiger partial charge in [-0.1, -0.05) is 26.8 Å². The maximum absolute atomic E-state index is 9.48. The van der Waals surface area contributed by atoms with Crippen molar-refractivity contribution in [2.45, 2.75) is 32.9 Å². The lowest BCUT2D eigenvalue weighted by atomic mass is 9.84. The van der Waals surface area contributed by atoms with E-state index in [0.29, 0.717) is 0 Å². The lowest BCUT2D eigenvalue weighted by Crippen LogP contribution is -2.49. The lowest BCUT2D eigenvalue weighted by Gasteiger charge is -2.33. The van der Waals surface area contributed by atoms with Crippen LogP contribution in [0, 0.1) is 5.41 Å². The van der Waals surface area contributed by atoms with E-state index in [0.717, 1.165) is 11.4 Å². The molecule has 0 saturated carbocycles. The number of aliphatic hydroxyl groups is 1. The number of ether oxygens (including phenoxy) is 1. The first-order valence-electron chi connectivity index (χ1n) is 6.56. The molecule has 1 aromatic carbocycles. The van der Waals surface area contributed by atoms with E-state index in [4.69, 9.17) is 10.5 Å². The van der Waals surface area contributed by atoms with Crippen molar-refractivity contribution in [1.82, 2.24) is 0 Å². The molecule has 0 saturated heterocycles. The van der Waals surface area contributed by atoms with Crippen molar-refractivity contribution >= 4 is 5.69 Å². The number of benzene rings is 1. The largest absolute Gasteiger partial charge is 0.486 e. The summed E-state index contributed by atoms with van der Waals surface area (Å²) in [5.41, 5.74) is 7.09. The highest BCUT2D eigenvalue weighted by atomic mass is 16.5. The van der Waals surface area contributed by atoms with E-state index >= 15 is 0 Å². The van der Waals surface area contributed by atoms with Gasteiger partial charge < -0.3 is 20.5 Å². The molecule has 0 aliphatic rings. The minimum absolute atomic E-state index is 0.0926. The fourth-order valence-electron chi connectivity index (χ4n) is 1.79. The molecular weight excluding hydrogens is 240 g/mol. The van der Waals surface area contributed by atoms with Crippen molar-refractivity contribution in [3.05, 3.63) is 24.3 Å². The number of rotatable bonds is 5. The molecule has 108 valence electrons. The van der Waals surface area contributed by atoms with E-state index in [-0.39, 0.29) is 18.1 Å². The number of hydrogen-bond donors (Lipinski definition) is 2. The molecule has 0 amide bonds. The van der Waals surface area contributed by atoms with E-state index in [1.54, 1.807) is 0 Å². The second kappa shape index (κ2) is 6.26. The van der Waals surface area contributed by atoms with Gasteiger partial charge in [-0.2, -0.15) is 0 Å². The van der Waals surface area contributed by atoms with Crippen LogP contribution in [-0.2, 0) is 0 Å². The van der Waals surface area contributed by atoms with Crippen LogP contribution in [0.1, 0.15) is 20.8 Å². The maximum Gasteiger partial charge on any atom is 0.137 e.